The number of aryl methyl sites for hydroxylation is 1. The molecule has 2 aromatic rings. The van der Waals surface area contributed by atoms with Gasteiger partial charge in [-0.25, -0.2) is 4.98 Å². The first kappa shape index (κ1) is 12.3. The number of anilines is 1. The Morgan fingerprint density at radius 2 is 2.39 bits per heavy atom. The molecule has 2 aromatic heterocycles. The van der Waals surface area contributed by atoms with Crippen molar-refractivity contribution in [2.24, 2.45) is 7.05 Å². The fourth-order valence-electron chi connectivity index (χ4n) is 1.40. The smallest absolute Gasteiger partial charge is 0.259 e. The molecule has 6 nitrogen and oxygen atoms in total. The van der Waals surface area contributed by atoms with Gasteiger partial charge in [0.25, 0.3) is 5.91 Å². The monoisotopic (exact) mass is 305 g/mol. The Hall–Kier alpha value is -2.20. The molecule has 0 aliphatic carbocycles. The minimum atomic E-state index is -0.352. The van der Waals surface area contributed by atoms with Gasteiger partial charge in [-0.1, -0.05) is 0 Å². The molecule has 0 radical (unpaired) electrons. The molecular formula is C11H8BrN5O. The second-order valence-corrected chi connectivity index (χ2v) is 4.19. The zero-order chi connectivity index (χ0) is 13.1. The van der Waals surface area contributed by atoms with E-state index < -0.39 is 0 Å². The zero-order valence-electron chi connectivity index (χ0n) is 9.38. The van der Waals surface area contributed by atoms with Crippen molar-refractivity contribution in [3.63, 3.8) is 0 Å². The number of pyridine rings is 1. The van der Waals surface area contributed by atoms with Gasteiger partial charge in [0.05, 0.1) is 11.8 Å². The van der Waals surface area contributed by atoms with E-state index in [0.717, 1.165) is 0 Å². The predicted octanol–water partition coefficient (Wildman–Crippen LogP) is 1.70. The molecular weight excluding hydrogens is 298 g/mol. The average molecular weight is 306 g/mol. The van der Waals surface area contributed by atoms with Crippen molar-refractivity contribution in [3.8, 4) is 6.07 Å². The number of carbonyl (C=O) groups is 1. The quantitative estimate of drug-likeness (QED) is 0.856. The highest BCUT2D eigenvalue weighted by atomic mass is 79.9. The van der Waals surface area contributed by atoms with Gasteiger partial charge >= 0.3 is 0 Å². The van der Waals surface area contributed by atoms with Crippen LogP contribution in [0.4, 0.5) is 5.82 Å². The molecule has 0 aliphatic rings. The van der Waals surface area contributed by atoms with E-state index in [2.05, 4.69) is 31.3 Å². The second kappa shape index (κ2) is 4.98. The van der Waals surface area contributed by atoms with Gasteiger partial charge in [0, 0.05) is 13.2 Å². The zero-order valence-corrected chi connectivity index (χ0v) is 11.0. The van der Waals surface area contributed by atoms with E-state index in [4.69, 9.17) is 5.26 Å². The molecule has 0 saturated carbocycles. The first-order valence-electron chi connectivity index (χ1n) is 4.97. The van der Waals surface area contributed by atoms with E-state index in [0.29, 0.717) is 21.5 Å². The molecule has 0 spiro atoms. The highest BCUT2D eigenvalue weighted by Crippen LogP contribution is 2.17. The maximum absolute atomic E-state index is 12.0. The Kier molecular flexibility index (Phi) is 3.39. The highest BCUT2D eigenvalue weighted by Gasteiger charge is 2.15. The molecule has 0 bridgehead atoms. The average Bonchev–Trinajstić information content (AvgIpc) is 2.71. The Balaban J connectivity index is 2.31. The van der Waals surface area contributed by atoms with Crippen LogP contribution in [0.3, 0.4) is 0 Å². The van der Waals surface area contributed by atoms with Crippen molar-refractivity contribution in [2.75, 3.05) is 5.32 Å². The van der Waals surface area contributed by atoms with E-state index in [1.165, 1.54) is 10.9 Å². The number of nitrogens with one attached hydrogen (secondary N) is 1. The highest BCUT2D eigenvalue weighted by molar-refractivity contribution is 9.10. The van der Waals surface area contributed by atoms with Crippen LogP contribution in [0.5, 0.6) is 0 Å². The first-order valence-corrected chi connectivity index (χ1v) is 5.76. The largest absolute Gasteiger partial charge is 0.306 e. The fraction of sp³-hybridized carbons (Fsp3) is 0.0909. The fourth-order valence-corrected chi connectivity index (χ4v) is 1.83. The summed E-state index contributed by atoms with van der Waals surface area (Å²) in [4.78, 5) is 16.0. The Bertz CT molecular complexity index is 643. The van der Waals surface area contributed by atoms with Gasteiger partial charge < -0.3 is 5.32 Å². The van der Waals surface area contributed by atoms with Gasteiger partial charge in [-0.3, -0.25) is 9.48 Å². The van der Waals surface area contributed by atoms with Gasteiger partial charge in [-0.2, -0.15) is 10.4 Å². The molecule has 1 amide bonds. The van der Waals surface area contributed by atoms with Crippen LogP contribution < -0.4 is 5.32 Å². The molecule has 0 atom stereocenters. The number of rotatable bonds is 2. The molecule has 18 heavy (non-hydrogen) atoms. The van der Waals surface area contributed by atoms with Crippen LogP contribution in [0.25, 0.3) is 0 Å². The summed E-state index contributed by atoms with van der Waals surface area (Å²) in [5.74, 6) is 0.00771. The Labute approximate surface area is 111 Å². The standard InChI is InChI=1S/C11H8BrN5O/c1-17-10(7(5-13)6-15-17)16-11(18)8-3-2-4-14-9(8)12/h2-4,6H,1H3,(H,16,18). The van der Waals surface area contributed by atoms with Crippen molar-refractivity contribution in [2.45, 2.75) is 0 Å². The minimum Gasteiger partial charge on any atom is -0.306 e. The van der Waals surface area contributed by atoms with Crippen LogP contribution >= 0.6 is 15.9 Å². The summed E-state index contributed by atoms with van der Waals surface area (Å²) in [5.41, 5.74) is 0.702. The lowest BCUT2D eigenvalue weighted by Gasteiger charge is -2.06. The summed E-state index contributed by atoms with van der Waals surface area (Å²) < 4.78 is 1.88. The van der Waals surface area contributed by atoms with Crippen molar-refractivity contribution < 1.29 is 4.79 Å². The van der Waals surface area contributed by atoms with Crippen LogP contribution in [0.2, 0.25) is 0 Å². The van der Waals surface area contributed by atoms with Crippen LogP contribution in [-0.4, -0.2) is 20.7 Å². The molecule has 0 saturated heterocycles. The number of aromatic nitrogens is 3. The molecule has 2 rings (SSSR count). The number of nitriles is 1. The number of amides is 1. The first-order chi connectivity index (χ1) is 8.63. The molecule has 7 heteroatoms. The van der Waals surface area contributed by atoms with Crippen molar-refractivity contribution >= 4 is 27.7 Å². The molecule has 90 valence electrons. The number of hydrogen-bond acceptors (Lipinski definition) is 4. The van der Waals surface area contributed by atoms with Crippen molar-refractivity contribution in [1.29, 1.82) is 5.26 Å². The normalized spacial score (nSPS) is 9.83. The maximum atomic E-state index is 12.0. The van der Waals surface area contributed by atoms with Gasteiger partial charge in [-0.15, -0.1) is 0 Å². The van der Waals surface area contributed by atoms with Crippen LogP contribution in [0.1, 0.15) is 15.9 Å². The molecule has 0 aliphatic heterocycles. The number of nitrogens with zero attached hydrogens (tertiary/aromatic N) is 4. The van der Waals surface area contributed by atoms with Gasteiger partial charge in [0.2, 0.25) is 0 Å². The lowest BCUT2D eigenvalue weighted by molar-refractivity contribution is 0.102. The topological polar surface area (TPSA) is 83.6 Å². The number of halogens is 1. The summed E-state index contributed by atoms with van der Waals surface area (Å²) in [6, 6.07) is 5.26. The summed E-state index contributed by atoms with van der Waals surface area (Å²) in [7, 11) is 1.65. The van der Waals surface area contributed by atoms with Crippen molar-refractivity contribution in [1.82, 2.24) is 14.8 Å². The molecule has 0 aromatic carbocycles. The maximum Gasteiger partial charge on any atom is 0.259 e. The SMILES string of the molecule is Cn1ncc(C#N)c1NC(=O)c1cccnc1Br. The van der Waals surface area contributed by atoms with E-state index >= 15 is 0 Å². The van der Waals surface area contributed by atoms with E-state index in [9.17, 15) is 4.79 Å². The third-order valence-corrected chi connectivity index (χ3v) is 2.93. The van der Waals surface area contributed by atoms with Crippen LogP contribution in [0, 0.1) is 11.3 Å². The van der Waals surface area contributed by atoms with Crippen molar-refractivity contribution in [3.05, 3.63) is 40.3 Å². The summed E-state index contributed by atoms with van der Waals surface area (Å²) in [6.45, 7) is 0. The number of carbonyl (C=O) groups excluding carboxylic acids is 1. The van der Waals surface area contributed by atoms with Gasteiger partial charge in [0.15, 0.2) is 0 Å². The van der Waals surface area contributed by atoms with Gasteiger partial charge in [-0.05, 0) is 28.1 Å². The number of hydrogen-bond donors (Lipinski definition) is 1. The van der Waals surface area contributed by atoms with E-state index in [-0.39, 0.29) is 5.91 Å². The predicted molar refractivity (Wildman–Crippen MR) is 67.8 cm³/mol. The lowest BCUT2D eigenvalue weighted by Crippen LogP contribution is -2.16. The minimum absolute atomic E-state index is 0.311. The second-order valence-electron chi connectivity index (χ2n) is 3.44. The summed E-state index contributed by atoms with van der Waals surface area (Å²) >= 11 is 3.20. The van der Waals surface area contributed by atoms with E-state index in [1.807, 2.05) is 6.07 Å². The molecule has 2 heterocycles. The van der Waals surface area contributed by atoms with E-state index in [1.54, 1.807) is 25.4 Å². The van der Waals surface area contributed by atoms with Crippen LogP contribution in [0.15, 0.2) is 29.1 Å². The molecule has 0 unspecified atom stereocenters. The third kappa shape index (κ3) is 2.24. The third-order valence-electron chi connectivity index (χ3n) is 2.29. The summed E-state index contributed by atoms with van der Waals surface area (Å²) in [6.07, 6.45) is 2.97. The summed E-state index contributed by atoms with van der Waals surface area (Å²) in [5, 5.41) is 15.4. The van der Waals surface area contributed by atoms with Crippen LogP contribution in [-0.2, 0) is 7.05 Å². The Morgan fingerprint density at radius 3 is 3.06 bits per heavy atom. The van der Waals surface area contributed by atoms with Gasteiger partial charge in [0.1, 0.15) is 22.1 Å². The lowest BCUT2D eigenvalue weighted by atomic mass is 10.2. The molecule has 0 fully saturated rings. The Morgan fingerprint density at radius 1 is 1.61 bits per heavy atom. The molecule has 1 N–H and O–H groups in total.